The molecule has 1 saturated heterocycles. The summed E-state index contributed by atoms with van der Waals surface area (Å²) in [5.74, 6) is 0.938. The number of benzene rings is 1. The summed E-state index contributed by atoms with van der Waals surface area (Å²) in [6, 6.07) is 7.56. The number of Topliss-reactive ketones (excluding diaryl/α,β-unsaturated/α-hetero) is 1. The number of hydrogen-bond acceptors (Lipinski definition) is 4. The molecule has 0 bridgehead atoms. The smallest absolute Gasteiger partial charge is 0.170 e. The number of para-hydroxylation sites is 1. The molecule has 114 valence electrons. The molecule has 0 amide bonds. The van der Waals surface area contributed by atoms with Crippen LogP contribution >= 0.6 is 0 Å². The van der Waals surface area contributed by atoms with Crippen LogP contribution in [0.1, 0.15) is 36.5 Å². The van der Waals surface area contributed by atoms with Crippen LogP contribution < -0.4 is 4.74 Å². The van der Waals surface area contributed by atoms with Crippen molar-refractivity contribution in [2.24, 2.45) is 0 Å². The van der Waals surface area contributed by atoms with Gasteiger partial charge in [-0.3, -0.25) is 9.69 Å². The van der Waals surface area contributed by atoms with Crippen LogP contribution in [0.5, 0.6) is 5.75 Å². The summed E-state index contributed by atoms with van der Waals surface area (Å²) in [5.41, 5.74) is 0.362. The Morgan fingerprint density at radius 3 is 2.81 bits per heavy atom. The van der Waals surface area contributed by atoms with Crippen molar-refractivity contribution in [3.63, 3.8) is 0 Å². The molecule has 4 nitrogen and oxygen atoms in total. The Kier molecular flexibility index (Phi) is 4.27. The molecule has 0 N–H and O–H groups in total. The topological polar surface area (TPSA) is 38.8 Å². The number of nitrogens with zero attached hydrogens (tertiary/aromatic N) is 1. The molecule has 0 spiro atoms. The molecule has 3 rings (SSSR count). The molecule has 0 saturated carbocycles. The van der Waals surface area contributed by atoms with Crippen LogP contribution in [-0.2, 0) is 4.74 Å². The third-order valence-electron chi connectivity index (χ3n) is 4.36. The number of ketones is 1. The van der Waals surface area contributed by atoms with E-state index in [2.05, 4.69) is 11.8 Å². The van der Waals surface area contributed by atoms with E-state index in [1.165, 1.54) is 0 Å². The van der Waals surface area contributed by atoms with Crippen molar-refractivity contribution < 1.29 is 14.3 Å². The maximum atomic E-state index is 12.3. The van der Waals surface area contributed by atoms with E-state index in [4.69, 9.17) is 9.47 Å². The first-order valence-corrected chi connectivity index (χ1v) is 7.78. The van der Waals surface area contributed by atoms with Gasteiger partial charge in [-0.15, -0.1) is 0 Å². The minimum Gasteiger partial charge on any atom is -0.486 e. The van der Waals surface area contributed by atoms with E-state index in [0.717, 1.165) is 57.0 Å². The van der Waals surface area contributed by atoms with Crippen LogP contribution in [0.3, 0.4) is 0 Å². The molecule has 2 heterocycles. The number of fused-ring (bicyclic) bond motifs is 1. The second kappa shape index (κ2) is 6.16. The molecule has 0 aromatic heterocycles. The van der Waals surface area contributed by atoms with Gasteiger partial charge in [0.2, 0.25) is 0 Å². The fourth-order valence-corrected chi connectivity index (χ4v) is 3.16. The van der Waals surface area contributed by atoms with Crippen LogP contribution in [0.15, 0.2) is 24.3 Å². The van der Waals surface area contributed by atoms with Gasteiger partial charge in [0.1, 0.15) is 11.4 Å². The van der Waals surface area contributed by atoms with Crippen molar-refractivity contribution in [2.45, 2.75) is 31.8 Å². The molecule has 2 aliphatic rings. The predicted octanol–water partition coefficient (Wildman–Crippen LogP) is 2.52. The standard InChI is InChI=1S/C17H23NO3/c1-17(7-4-8-18-9-11-20-12-10-18)13-15(19)14-5-2-3-6-16(14)21-17/h2-3,5-6H,4,7-13H2,1H3. The van der Waals surface area contributed by atoms with E-state index < -0.39 is 0 Å². The first-order chi connectivity index (χ1) is 10.2. The maximum absolute atomic E-state index is 12.3. The first-order valence-electron chi connectivity index (χ1n) is 7.78. The van der Waals surface area contributed by atoms with Gasteiger partial charge >= 0.3 is 0 Å². The lowest BCUT2D eigenvalue weighted by Crippen LogP contribution is -2.41. The van der Waals surface area contributed by atoms with Crippen molar-refractivity contribution in [3.05, 3.63) is 29.8 Å². The minimum absolute atomic E-state index is 0.200. The van der Waals surface area contributed by atoms with E-state index in [1.54, 1.807) is 0 Å². The summed E-state index contributed by atoms with van der Waals surface area (Å²) >= 11 is 0. The molecule has 4 heteroatoms. The molecule has 1 aromatic carbocycles. The van der Waals surface area contributed by atoms with Crippen molar-refractivity contribution in [3.8, 4) is 5.75 Å². The third kappa shape index (κ3) is 3.44. The van der Waals surface area contributed by atoms with Crippen LogP contribution in [0.25, 0.3) is 0 Å². The lowest BCUT2D eigenvalue weighted by Gasteiger charge is -2.36. The average molecular weight is 289 g/mol. The Morgan fingerprint density at radius 1 is 1.24 bits per heavy atom. The molecule has 2 aliphatic heterocycles. The highest BCUT2D eigenvalue weighted by atomic mass is 16.5. The molecule has 1 atom stereocenters. The predicted molar refractivity (Wildman–Crippen MR) is 80.9 cm³/mol. The molecule has 1 fully saturated rings. The Morgan fingerprint density at radius 2 is 2.00 bits per heavy atom. The lowest BCUT2D eigenvalue weighted by atomic mass is 9.88. The van der Waals surface area contributed by atoms with E-state index in [1.807, 2.05) is 24.3 Å². The maximum Gasteiger partial charge on any atom is 0.170 e. The SMILES string of the molecule is CC1(CCCN2CCOCC2)CC(=O)c2ccccc2O1. The molecular weight excluding hydrogens is 266 g/mol. The van der Waals surface area contributed by atoms with Crippen LogP contribution in [-0.4, -0.2) is 49.1 Å². The molecule has 1 unspecified atom stereocenters. The number of carbonyl (C=O) groups excluding carboxylic acids is 1. The van der Waals surface area contributed by atoms with Gasteiger partial charge in [0.05, 0.1) is 25.2 Å². The number of carbonyl (C=O) groups is 1. The summed E-state index contributed by atoms with van der Waals surface area (Å²) in [6.45, 7) is 6.80. The summed E-state index contributed by atoms with van der Waals surface area (Å²) in [6.07, 6.45) is 2.43. The van der Waals surface area contributed by atoms with Crippen molar-refractivity contribution >= 4 is 5.78 Å². The highest BCUT2D eigenvalue weighted by Crippen LogP contribution is 2.35. The molecular formula is C17H23NO3. The molecule has 0 aliphatic carbocycles. The number of morpholine rings is 1. The number of rotatable bonds is 4. The minimum atomic E-state index is -0.363. The Bertz CT molecular complexity index is 511. The Balaban J connectivity index is 1.57. The van der Waals surface area contributed by atoms with Gasteiger partial charge in [-0.1, -0.05) is 12.1 Å². The normalized spacial score (nSPS) is 26.2. The largest absolute Gasteiger partial charge is 0.486 e. The third-order valence-corrected chi connectivity index (χ3v) is 4.36. The van der Waals surface area contributed by atoms with Gasteiger partial charge in [0, 0.05) is 13.1 Å². The highest BCUT2D eigenvalue weighted by molar-refractivity contribution is 6.00. The van der Waals surface area contributed by atoms with Gasteiger partial charge in [-0.05, 0) is 38.4 Å². The van der Waals surface area contributed by atoms with Crippen LogP contribution in [0.2, 0.25) is 0 Å². The van der Waals surface area contributed by atoms with Gasteiger partial charge in [-0.25, -0.2) is 0 Å². The molecule has 1 aromatic rings. The van der Waals surface area contributed by atoms with Crippen molar-refractivity contribution in [1.29, 1.82) is 0 Å². The zero-order valence-electron chi connectivity index (χ0n) is 12.6. The van der Waals surface area contributed by atoms with Crippen LogP contribution in [0.4, 0.5) is 0 Å². The first kappa shape index (κ1) is 14.5. The quantitative estimate of drug-likeness (QED) is 0.854. The van der Waals surface area contributed by atoms with E-state index in [-0.39, 0.29) is 11.4 Å². The summed E-state index contributed by atoms with van der Waals surface area (Å²) < 4.78 is 11.5. The van der Waals surface area contributed by atoms with Gasteiger partial charge in [0.25, 0.3) is 0 Å². The zero-order valence-corrected chi connectivity index (χ0v) is 12.6. The Labute approximate surface area is 126 Å². The summed E-state index contributed by atoms with van der Waals surface area (Å²) in [7, 11) is 0. The number of ether oxygens (including phenoxy) is 2. The fourth-order valence-electron chi connectivity index (χ4n) is 3.16. The lowest BCUT2D eigenvalue weighted by molar-refractivity contribution is 0.0259. The Hall–Kier alpha value is -1.39. The van der Waals surface area contributed by atoms with Gasteiger partial charge in [-0.2, -0.15) is 0 Å². The second-order valence-corrected chi connectivity index (χ2v) is 6.21. The summed E-state index contributed by atoms with van der Waals surface area (Å²) in [5, 5.41) is 0. The van der Waals surface area contributed by atoms with Gasteiger partial charge < -0.3 is 9.47 Å². The van der Waals surface area contributed by atoms with E-state index >= 15 is 0 Å². The van der Waals surface area contributed by atoms with Crippen molar-refractivity contribution in [1.82, 2.24) is 4.90 Å². The highest BCUT2D eigenvalue weighted by Gasteiger charge is 2.35. The second-order valence-electron chi connectivity index (χ2n) is 6.21. The monoisotopic (exact) mass is 289 g/mol. The zero-order chi connectivity index (χ0) is 14.7. The van der Waals surface area contributed by atoms with E-state index in [9.17, 15) is 4.79 Å². The summed E-state index contributed by atoms with van der Waals surface area (Å²) in [4.78, 5) is 14.7. The van der Waals surface area contributed by atoms with Crippen molar-refractivity contribution in [2.75, 3.05) is 32.8 Å². The van der Waals surface area contributed by atoms with Crippen LogP contribution in [0, 0.1) is 0 Å². The average Bonchev–Trinajstić information content (AvgIpc) is 2.48. The molecule has 21 heavy (non-hydrogen) atoms. The molecule has 0 radical (unpaired) electrons. The number of hydrogen-bond donors (Lipinski definition) is 0. The van der Waals surface area contributed by atoms with Gasteiger partial charge in [0.15, 0.2) is 5.78 Å². The fraction of sp³-hybridized carbons (Fsp3) is 0.588. The van der Waals surface area contributed by atoms with E-state index in [0.29, 0.717) is 6.42 Å².